The molecule has 0 unspecified atom stereocenters. The highest BCUT2D eigenvalue weighted by Crippen LogP contribution is 2.23. The van der Waals surface area contributed by atoms with Crippen LogP contribution in [0.3, 0.4) is 0 Å². The van der Waals surface area contributed by atoms with E-state index in [-0.39, 0.29) is 0 Å². The molecule has 2 saturated carbocycles. The van der Waals surface area contributed by atoms with Crippen molar-refractivity contribution in [2.45, 2.75) is 50.6 Å². The molecule has 0 heterocycles. The van der Waals surface area contributed by atoms with Gasteiger partial charge in [-0.3, -0.25) is 4.90 Å². The van der Waals surface area contributed by atoms with E-state index < -0.39 is 0 Å². The maximum absolute atomic E-state index is 4.16. The SMILES string of the molecule is C=C(CNC1CC1)CN(C)C1CCCC1. The zero-order chi connectivity index (χ0) is 10.7. The van der Waals surface area contributed by atoms with Crippen LogP contribution in [-0.4, -0.2) is 37.1 Å². The van der Waals surface area contributed by atoms with Crippen molar-refractivity contribution in [3.63, 3.8) is 0 Å². The van der Waals surface area contributed by atoms with Crippen LogP contribution in [0.4, 0.5) is 0 Å². The molecule has 0 atom stereocenters. The van der Waals surface area contributed by atoms with Gasteiger partial charge in [0.25, 0.3) is 0 Å². The van der Waals surface area contributed by atoms with Gasteiger partial charge in [0.15, 0.2) is 0 Å². The summed E-state index contributed by atoms with van der Waals surface area (Å²) in [6.45, 7) is 6.25. The van der Waals surface area contributed by atoms with Crippen LogP contribution < -0.4 is 5.32 Å². The summed E-state index contributed by atoms with van der Waals surface area (Å²) in [6, 6.07) is 1.63. The van der Waals surface area contributed by atoms with Gasteiger partial charge in [0.2, 0.25) is 0 Å². The van der Waals surface area contributed by atoms with Gasteiger partial charge in [-0.2, -0.15) is 0 Å². The van der Waals surface area contributed by atoms with Gasteiger partial charge in [-0.05, 0) is 38.3 Å². The minimum absolute atomic E-state index is 0.804. The molecule has 2 heteroatoms. The molecule has 0 aromatic heterocycles. The lowest BCUT2D eigenvalue weighted by molar-refractivity contribution is 0.264. The average molecular weight is 208 g/mol. The van der Waals surface area contributed by atoms with Gasteiger partial charge in [0.1, 0.15) is 0 Å². The van der Waals surface area contributed by atoms with Crippen LogP contribution in [0.15, 0.2) is 12.2 Å². The first-order chi connectivity index (χ1) is 7.25. The van der Waals surface area contributed by atoms with E-state index in [0.29, 0.717) is 0 Å². The predicted molar refractivity (Wildman–Crippen MR) is 65.1 cm³/mol. The molecule has 0 aromatic rings. The Bertz CT molecular complexity index is 215. The zero-order valence-electron chi connectivity index (χ0n) is 9.97. The summed E-state index contributed by atoms with van der Waals surface area (Å²) in [4.78, 5) is 2.49. The number of rotatable bonds is 6. The number of nitrogens with zero attached hydrogens (tertiary/aromatic N) is 1. The standard InChI is InChI=1S/C13H24N2/c1-11(9-14-12-7-8-12)10-15(2)13-5-3-4-6-13/h12-14H,1,3-10H2,2H3. The van der Waals surface area contributed by atoms with Gasteiger partial charge >= 0.3 is 0 Å². The third-order valence-corrected chi connectivity index (χ3v) is 3.64. The van der Waals surface area contributed by atoms with E-state index in [1.165, 1.54) is 44.1 Å². The fraction of sp³-hybridized carbons (Fsp3) is 0.846. The van der Waals surface area contributed by atoms with Crippen molar-refractivity contribution in [2.24, 2.45) is 0 Å². The van der Waals surface area contributed by atoms with Crippen LogP contribution in [0.2, 0.25) is 0 Å². The quantitative estimate of drug-likeness (QED) is 0.673. The van der Waals surface area contributed by atoms with Crippen molar-refractivity contribution < 1.29 is 0 Å². The van der Waals surface area contributed by atoms with E-state index in [1.54, 1.807) is 0 Å². The zero-order valence-corrected chi connectivity index (χ0v) is 9.97. The van der Waals surface area contributed by atoms with E-state index in [1.807, 2.05) is 0 Å². The maximum Gasteiger partial charge on any atom is 0.0202 e. The summed E-state index contributed by atoms with van der Waals surface area (Å²) in [7, 11) is 2.25. The lowest BCUT2D eigenvalue weighted by atomic mass is 10.2. The molecule has 2 nitrogen and oxygen atoms in total. The Morgan fingerprint density at radius 1 is 1.27 bits per heavy atom. The molecule has 0 aromatic carbocycles. The van der Waals surface area contributed by atoms with Crippen molar-refractivity contribution >= 4 is 0 Å². The van der Waals surface area contributed by atoms with Gasteiger partial charge < -0.3 is 5.32 Å². The fourth-order valence-electron chi connectivity index (χ4n) is 2.46. The van der Waals surface area contributed by atoms with Gasteiger partial charge in [0, 0.05) is 25.2 Å². The Morgan fingerprint density at radius 2 is 1.93 bits per heavy atom. The molecule has 15 heavy (non-hydrogen) atoms. The number of nitrogens with one attached hydrogen (secondary N) is 1. The van der Waals surface area contributed by atoms with E-state index in [0.717, 1.165) is 25.2 Å². The van der Waals surface area contributed by atoms with Crippen molar-refractivity contribution in [3.05, 3.63) is 12.2 Å². The Labute approximate surface area is 93.7 Å². The first-order valence-corrected chi connectivity index (χ1v) is 6.36. The first kappa shape index (κ1) is 11.2. The molecule has 2 aliphatic carbocycles. The van der Waals surface area contributed by atoms with Crippen molar-refractivity contribution in [1.82, 2.24) is 10.2 Å². The van der Waals surface area contributed by atoms with Crippen LogP contribution in [-0.2, 0) is 0 Å². The molecule has 2 aliphatic rings. The van der Waals surface area contributed by atoms with Gasteiger partial charge in [-0.25, -0.2) is 0 Å². The molecule has 0 radical (unpaired) electrons. The minimum Gasteiger partial charge on any atom is -0.310 e. The van der Waals surface area contributed by atoms with Crippen LogP contribution in [0, 0.1) is 0 Å². The average Bonchev–Trinajstić information content (AvgIpc) is 2.87. The first-order valence-electron chi connectivity index (χ1n) is 6.36. The second-order valence-corrected chi connectivity index (χ2v) is 5.26. The molecule has 0 spiro atoms. The van der Waals surface area contributed by atoms with Crippen LogP contribution in [0.1, 0.15) is 38.5 Å². The Kier molecular flexibility index (Phi) is 3.81. The Balaban J connectivity index is 1.62. The van der Waals surface area contributed by atoms with Crippen LogP contribution in [0.25, 0.3) is 0 Å². The number of hydrogen-bond acceptors (Lipinski definition) is 2. The predicted octanol–water partition coefficient (Wildman–Crippen LogP) is 2.17. The minimum atomic E-state index is 0.804. The molecule has 0 saturated heterocycles. The Hall–Kier alpha value is -0.340. The second-order valence-electron chi connectivity index (χ2n) is 5.26. The molecular weight excluding hydrogens is 184 g/mol. The highest BCUT2D eigenvalue weighted by molar-refractivity contribution is 5.02. The van der Waals surface area contributed by atoms with E-state index in [4.69, 9.17) is 0 Å². The van der Waals surface area contributed by atoms with Crippen molar-refractivity contribution in [1.29, 1.82) is 0 Å². The summed E-state index contributed by atoms with van der Waals surface area (Å²) in [5.41, 5.74) is 1.34. The Morgan fingerprint density at radius 3 is 2.53 bits per heavy atom. The maximum atomic E-state index is 4.16. The molecule has 2 rings (SSSR count). The number of likely N-dealkylation sites (N-methyl/N-ethyl adjacent to an activating group) is 1. The summed E-state index contributed by atoms with van der Waals surface area (Å²) in [6.07, 6.45) is 8.35. The summed E-state index contributed by atoms with van der Waals surface area (Å²) in [5, 5.41) is 3.53. The number of hydrogen-bond donors (Lipinski definition) is 1. The van der Waals surface area contributed by atoms with E-state index in [9.17, 15) is 0 Å². The molecule has 2 fully saturated rings. The molecule has 0 amide bonds. The fourth-order valence-corrected chi connectivity index (χ4v) is 2.46. The lowest BCUT2D eigenvalue weighted by Crippen LogP contribution is -2.33. The highest BCUT2D eigenvalue weighted by atomic mass is 15.1. The van der Waals surface area contributed by atoms with Crippen LogP contribution >= 0.6 is 0 Å². The third-order valence-electron chi connectivity index (χ3n) is 3.64. The molecule has 1 N–H and O–H groups in total. The highest BCUT2D eigenvalue weighted by Gasteiger charge is 2.22. The third kappa shape index (κ3) is 3.62. The van der Waals surface area contributed by atoms with E-state index >= 15 is 0 Å². The normalized spacial score (nSPS) is 22.5. The molecule has 0 aliphatic heterocycles. The summed E-state index contributed by atoms with van der Waals surface area (Å²) in [5.74, 6) is 0. The van der Waals surface area contributed by atoms with Gasteiger partial charge in [-0.15, -0.1) is 0 Å². The molecule has 86 valence electrons. The second kappa shape index (κ2) is 5.13. The smallest absolute Gasteiger partial charge is 0.0202 e. The van der Waals surface area contributed by atoms with Crippen molar-refractivity contribution in [3.8, 4) is 0 Å². The monoisotopic (exact) mass is 208 g/mol. The van der Waals surface area contributed by atoms with Gasteiger partial charge in [-0.1, -0.05) is 19.4 Å². The van der Waals surface area contributed by atoms with Crippen LogP contribution in [0.5, 0.6) is 0 Å². The van der Waals surface area contributed by atoms with Crippen molar-refractivity contribution in [2.75, 3.05) is 20.1 Å². The summed E-state index contributed by atoms with van der Waals surface area (Å²) < 4.78 is 0. The molecular formula is C13H24N2. The van der Waals surface area contributed by atoms with Gasteiger partial charge in [0.05, 0.1) is 0 Å². The topological polar surface area (TPSA) is 15.3 Å². The summed E-state index contributed by atoms with van der Waals surface area (Å²) >= 11 is 0. The van der Waals surface area contributed by atoms with E-state index in [2.05, 4.69) is 23.8 Å². The lowest BCUT2D eigenvalue weighted by Gasteiger charge is -2.25. The molecule has 0 bridgehead atoms. The largest absolute Gasteiger partial charge is 0.310 e.